The molecule has 0 saturated heterocycles. The highest BCUT2D eigenvalue weighted by Crippen LogP contribution is 2.20. The minimum atomic E-state index is -0.720. The third-order valence-electron chi connectivity index (χ3n) is 4.20. The van der Waals surface area contributed by atoms with Gasteiger partial charge in [0.1, 0.15) is 0 Å². The predicted octanol–water partition coefficient (Wildman–Crippen LogP) is 3.77. The summed E-state index contributed by atoms with van der Waals surface area (Å²) in [6.45, 7) is 0. The number of nitro benzene ring substituents is 1. The fourth-order valence-electron chi connectivity index (χ4n) is 2.71. The molecule has 3 rings (SSSR count). The van der Waals surface area contributed by atoms with E-state index >= 15 is 0 Å². The first-order valence-electron chi connectivity index (χ1n) is 8.48. The van der Waals surface area contributed by atoms with Crippen LogP contribution < -0.4 is 11.1 Å². The predicted molar refractivity (Wildman–Crippen MR) is 105 cm³/mol. The van der Waals surface area contributed by atoms with Gasteiger partial charge >= 0.3 is 0 Å². The quantitative estimate of drug-likeness (QED) is 0.516. The van der Waals surface area contributed by atoms with Gasteiger partial charge in [-0.2, -0.15) is 0 Å². The van der Waals surface area contributed by atoms with Crippen LogP contribution in [0.15, 0.2) is 78.9 Å². The van der Waals surface area contributed by atoms with Crippen LogP contribution in [0, 0.1) is 10.1 Å². The Morgan fingerprint density at radius 3 is 2.11 bits per heavy atom. The van der Waals surface area contributed by atoms with Crippen molar-refractivity contribution in [3.05, 3.63) is 94.5 Å². The van der Waals surface area contributed by atoms with Crippen molar-refractivity contribution in [2.45, 2.75) is 12.5 Å². The third-order valence-corrected chi connectivity index (χ3v) is 4.20. The Hall–Kier alpha value is -3.51. The van der Waals surface area contributed by atoms with Crippen molar-refractivity contribution in [1.29, 1.82) is 0 Å². The molecule has 0 aromatic heterocycles. The molecule has 0 fully saturated rings. The number of nitrogens with one attached hydrogen (secondary N) is 1. The van der Waals surface area contributed by atoms with Gasteiger partial charge in [-0.15, -0.1) is 0 Å². The minimum absolute atomic E-state index is 0.0317. The van der Waals surface area contributed by atoms with E-state index in [2.05, 4.69) is 5.32 Å². The average Bonchev–Trinajstić information content (AvgIpc) is 2.69. The maximum atomic E-state index is 12.3. The van der Waals surface area contributed by atoms with E-state index in [0.29, 0.717) is 12.1 Å². The highest BCUT2D eigenvalue weighted by atomic mass is 16.6. The smallest absolute Gasteiger partial charge is 0.269 e. The van der Waals surface area contributed by atoms with Gasteiger partial charge in [0.05, 0.1) is 11.0 Å². The zero-order valence-corrected chi connectivity index (χ0v) is 14.5. The molecule has 6 nitrogen and oxygen atoms in total. The molecular formula is C21H19N3O3. The molecule has 1 atom stereocenters. The maximum absolute atomic E-state index is 12.3. The lowest BCUT2D eigenvalue weighted by Crippen LogP contribution is -2.37. The summed E-state index contributed by atoms with van der Waals surface area (Å²) in [4.78, 5) is 22.4. The average molecular weight is 361 g/mol. The summed E-state index contributed by atoms with van der Waals surface area (Å²) in [6.07, 6.45) is 0.397. The summed E-state index contributed by atoms with van der Waals surface area (Å²) in [7, 11) is 0. The normalized spacial score (nSPS) is 11.6. The maximum Gasteiger partial charge on any atom is 0.269 e. The number of benzene rings is 3. The van der Waals surface area contributed by atoms with E-state index in [1.54, 1.807) is 0 Å². The van der Waals surface area contributed by atoms with Gasteiger partial charge in [-0.05, 0) is 35.2 Å². The number of amides is 1. The van der Waals surface area contributed by atoms with Crippen LogP contribution in [0.5, 0.6) is 0 Å². The Bertz CT molecular complexity index is 923. The van der Waals surface area contributed by atoms with Crippen molar-refractivity contribution >= 4 is 17.3 Å². The third kappa shape index (κ3) is 4.77. The fraction of sp³-hybridized carbons (Fsp3) is 0.0952. The molecule has 136 valence electrons. The topological polar surface area (TPSA) is 98.3 Å². The first kappa shape index (κ1) is 18.3. The van der Waals surface area contributed by atoms with Crippen molar-refractivity contribution in [1.82, 2.24) is 0 Å². The molecule has 0 heterocycles. The van der Waals surface area contributed by atoms with Gasteiger partial charge in [0, 0.05) is 17.8 Å². The number of non-ortho nitro benzene ring substituents is 1. The number of hydrogen-bond acceptors (Lipinski definition) is 4. The van der Waals surface area contributed by atoms with Gasteiger partial charge < -0.3 is 11.1 Å². The lowest BCUT2D eigenvalue weighted by molar-refractivity contribution is -0.384. The van der Waals surface area contributed by atoms with Crippen LogP contribution in [0.1, 0.15) is 5.56 Å². The molecule has 0 aliphatic heterocycles. The standard InChI is InChI=1S/C21H19N3O3/c22-20(21(25)23-18-10-12-19(13-11-18)24(26)27)14-15-6-8-17(9-7-15)16-4-2-1-3-5-16/h1-13,20H,14,22H2,(H,23,25)/t20-/m0/s1. The Morgan fingerprint density at radius 2 is 1.52 bits per heavy atom. The van der Waals surface area contributed by atoms with Crippen LogP contribution >= 0.6 is 0 Å². The van der Waals surface area contributed by atoms with Crippen LogP contribution in [-0.4, -0.2) is 16.9 Å². The molecule has 3 aromatic carbocycles. The summed E-state index contributed by atoms with van der Waals surface area (Å²) in [5, 5.41) is 13.3. The Labute approximate surface area is 156 Å². The van der Waals surface area contributed by atoms with Gasteiger partial charge in [0.15, 0.2) is 0 Å². The van der Waals surface area contributed by atoms with Crippen LogP contribution in [-0.2, 0) is 11.2 Å². The second kappa shape index (κ2) is 8.25. The molecule has 27 heavy (non-hydrogen) atoms. The Balaban J connectivity index is 1.60. The molecule has 1 amide bonds. The zero-order chi connectivity index (χ0) is 19.2. The van der Waals surface area contributed by atoms with E-state index in [1.165, 1.54) is 24.3 Å². The first-order chi connectivity index (χ1) is 13.0. The first-order valence-corrected chi connectivity index (χ1v) is 8.48. The van der Waals surface area contributed by atoms with Crippen molar-refractivity contribution in [3.63, 3.8) is 0 Å². The largest absolute Gasteiger partial charge is 0.325 e. The Kier molecular flexibility index (Phi) is 5.58. The van der Waals surface area contributed by atoms with Crippen molar-refractivity contribution in [2.75, 3.05) is 5.32 Å². The van der Waals surface area contributed by atoms with Gasteiger partial charge in [-0.25, -0.2) is 0 Å². The van der Waals surface area contributed by atoms with Crippen molar-refractivity contribution < 1.29 is 9.72 Å². The van der Waals surface area contributed by atoms with Crippen molar-refractivity contribution in [3.8, 4) is 11.1 Å². The molecule has 0 aliphatic carbocycles. The number of carbonyl (C=O) groups is 1. The molecule has 3 N–H and O–H groups in total. The lowest BCUT2D eigenvalue weighted by atomic mass is 10.0. The summed E-state index contributed by atoms with van der Waals surface area (Å²) >= 11 is 0. The molecule has 0 spiro atoms. The molecule has 0 aliphatic rings. The second-order valence-electron chi connectivity index (χ2n) is 6.17. The SMILES string of the molecule is N[C@@H](Cc1ccc(-c2ccccc2)cc1)C(=O)Nc1ccc([N+](=O)[O-])cc1. The molecule has 0 radical (unpaired) electrons. The highest BCUT2D eigenvalue weighted by Gasteiger charge is 2.15. The number of nitro groups is 1. The number of nitrogens with zero attached hydrogens (tertiary/aromatic N) is 1. The van der Waals surface area contributed by atoms with E-state index in [1.807, 2.05) is 54.6 Å². The number of carbonyl (C=O) groups excluding carboxylic acids is 1. The number of anilines is 1. The van der Waals surface area contributed by atoms with Gasteiger partial charge in [0.25, 0.3) is 5.69 Å². The Morgan fingerprint density at radius 1 is 0.926 bits per heavy atom. The van der Waals surface area contributed by atoms with Gasteiger partial charge in [-0.1, -0.05) is 54.6 Å². The fourth-order valence-corrected chi connectivity index (χ4v) is 2.71. The molecule has 3 aromatic rings. The molecule has 6 heteroatoms. The molecular weight excluding hydrogens is 342 g/mol. The van der Waals surface area contributed by atoms with Crippen LogP contribution in [0.3, 0.4) is 0 Å². The summed E-state index contributed by atoms with van der Waals surface area (Å²) < 4.78 is 0. The van der Waals surface area contributed by atoms with Gasteiger partial charge in [-0.3, -0.25) is 14.9 Å². The molecule has 0 unspecified atom stereocenters. The van der Waals surface area contributed by atoms with E-state index in [-0.39, 0.29) is 11.6 Å². The summed E-state index contributed by atoms with van der Waals surface area (Å²) in [6, 6.07) is 22.9. The number of nitrogens with two attached hydrogens (primary N) is 1. The van der Waals surface area contributed by atoms with E-state index in [0.717, 1.165) is 16.7 Å². The van der Waals surface area contributed by atoms with Crippen molar-refractivity contribution in [2.24, 2.45) is 5.73 Å². The van der Waals surface area contributed by atoms with E-state index < -0.39 is 11.0 Å². The molecule has 0 bridgehead atoms. The van der Waals surface area contributed by atoms with Crippen LogP contribution in [0.4, 0.5) is 11.4 Å². The van der Waals surface area contributed by atoms with E-state index in [4.69, 9.17) is 5.73 Å². The van der Waals surface area contributed by atoms with Crippen LogP contribution in [0.25, 0.3) is 11.1 Å². The second-order valence-corrected chi connectivity index (χ2v) is 6.17. The van der Waals surface area contributed by atoms with Gasteiger partial charge in [0.2, 0.25) is 5.91 Å². The molecule has 0 saturated carbocycles. The van der Waals surface area contributed by atoms with E-state index in [9.17, 15) is 14.9 Å². The summed E-state index contributed by atoms with van der Waals surface area (Å²) in [5.74, 6) is -0.337. The highest BCUT2D eigenvalue weighted by molar-refractivity contribution is 5.94. The number of rotatable bonds is 6. The monoisotopic (exact) mass is 361 g/mol. The lowest BCUT2D eigenvalue weighted by Gasteiger charge is -2.13. The zero-order valence-electron chi connectivity index (χ0n) is 14.5. The summed E-state index contributed by atoms with van der Waals surface area (Å²) in [5.41, 5.74) is 9.63. The minimum Gasteiger partial charge on any atom is -0.325 e. The van der Waals surface area contributed by atoms with Crippen LogP contribution in [0.2, 0.25) is 0 Å². The number of hydrogen-bond donors (Lipinski definition) is 2.